The highest BCUT2D eigenvalue weighted by atomic mass is 16.6. The molecular formula is C22H23NO5. The lowest BCUT2D eigenvalue weighted by molar-refractivity contribution is -0.147. The molecule has 0 fully saturated rings. The summed E-state index contributed by atoms with van der Waals surface area (Å²) in [5.74, 6) is -0.770. The van der Waals surface area contributed by atoms with Gasteiger partial charge in [0, 0.05) is 23.1 Å². The number of esters is 1. The van der Waals surface area contributed by atoms with Crippen molar-refractivity contribution in [2.45, 2.75) is 33.4 Å². The van der Waals surface area contributed by atoms with E-state index in [0.717, 1.165) is 27.7 Å². The van der Waals surface area contributed by atoms with Crippen molar-refractivity contribution in [2.24, 2.45) is 0 Å². The highest BCUT2D eigenvalue weighted by Gasteiger charge is 2.16. The molecule has 1 N–H and O–H groups in total. The van der Waals surface area contributed by atoms with Crippen molar-refractivity contribution in [2.75, 3.05) is 7.11 Å². The number of ether oxygens (including phenoxy) is 2. The quantitative estimate of drug-likeness (QED) is 0.654. The molecule has 6 heteroatoms. The summed E-state index contributed by atoms with van der Waals surface area (Å²) in [6, 6.07) is 12.7. The molecule has 28 heavy (non-hydrogen) atoms. The zero-order valence-corrected chi connectivity index (χ0v) is 16.4. The van der Waals surface area contributed by atoms with Crippen LogP contribution in [0.3, 0.4) is 0 Å². The molecule has 1 atom stereocenters. The summed E-state index contributed by atoms with van der Waals surface area (Å²) < 4.78 is 12.5. The maximum atomic E-state index is 11.6. The predicted octanol–water partition coefficient (Wildman–Crippen LogP) is 3.94. The van der Waals surface area contributed by atoms with Gasteiger partial charge in [0.2, 0.25) is 0 Å². The summed E-state index contributed by atoms with van der Waals surface area (Å²) in [4.78, 5) is 22.8. The van der Waals surface area contributed by atoms with Crippen LogP contribution in [0.1, 0.15) is 34.1 Å². The molecule has 0 spiro atoms. The van der Waals surface area contributed by atoms with Crippen LogP contribution in [-0.2, 0) is 16.1 Å². The molecule has 0 saturated heterocycles. The summed E-state index contributed by atoms with van der Waals surface area (Å²) in [7, 11) is 1.33. The Bertz CT molecular complexity index is 1050. The molecule has 3 rings (SSSR count). The number of methoxy groups -OCH3 is 1. The van der Waals surface area contributed by atoms with E-state index in [4.69, 9.17) is 9.47 Å². The monoisotopic (exact) mass is 381 g/mol. The second kappa shape index (κ2) is 7.76. The van der Waals surface area contributed by atoms with Crippen LogP contribution in [0.15, 0.2) is 42.5 Å². The van der Waals surface area contributed by atoms with Gasteiger partial charge in [-0.05, 0) is 62.2 Å². The lowest BCUT2D eigenvalue weighted by Crippen LogP contribution is -2.24. The summed E-state index contributed by atoms with van der Waals surface area (Å²) >= 11 is 0. The molecule has 2 aromatic carbocycles. The predicted molar refractivity (Wildman–Crippen MR) is 106 cm³/mol. The lowest BCUT2D eigenvalue weighted by atomic mass is 10.1. The van der Waals surface area contributed by atoms with E-state index in [0.29, 0.717) is 12.3 Å². The number of aromatic carboxylic acids is 1. The van der Waals surface area contributed by atoms with E-state index in [1.807, 2.05) is 38.1 Å². The van der Waals surface area contributed by atoms with Crippen LogP contribution in [0.5, 0.6) is 5.75 Å². The third-order valence-corrected chi connectivity index (χ3v) is 4.97. The molecule has 0 saturated carbocycles. The summed E-state index contributed by atoms with van der Waals surface area (Å²) in [5, 5.41) is 10.2. The minimum atomic E-state index is -0.934. The van der Waals surface area contributed by atoms with Crippen molar-refractivity contribution in [3.63, 3.8) is 0 Å². The van der Waals surface area contributed by atoms with Crippen molar-refractivity contribution in [3.05, 3.63) is 64.8 Å². The fraction of sp³-hybridized carbons (Fsp3) is 0.273. The average molecular weight is 381 g/mol. The van der Waals surface area contributed by atoms with Gasteiger partial charge in [-0.25, -0.2) is 9.59 Å². The van der Waals surface area contributed by atoms with Crippen LogP contribution in [0.25, 0.3) is 10.9 Å². The number of aryl methyl sites for hydroxylation is 1. The topological polar surface area (TPSA) is 77.8 Å². The van der Waals surface area contributed by atoms with Crippen LogP contribution < -0.4 is 4.74 Å². The minimum absolute atomic E-state index is 0.278. The summed E-state index contributed by atoms with van der Waals surface area (Å²) in [6.45, 7) is 6.27. The normalized spacial score (nSPS) is 12.0. The third-order valence-electron chi connectivity index (χ3n) is 4.97. The molecule has 1 aromatic heterocycles. The molecule has 146 valence electrons. The molecule has 0 aliphatic rings. The Balaban J connectivity index is 1.93. The molecular weight excluding hydrogens is 358 g/mol. The van der Waals surface area contributed by atoms with Gasteiger partial charge in [0.15, 0.2) is 6.10 Å². The van der Waals surface area contributed by atoms with E-state index in [9.17, 15) is 14.7 Å². The number of rotatable bonds is 6. The van der Waals surface area contributed by atoms with Gasteiger partial charge in [-0.3, -0.25) is 0 Å². The maximum Gasteiger partial charge on any atom is 0.346 e. The fourth-order valence-electron chi connectivity index (χ4n) is 3.30. The van der Waals surface area contributed by atoms with Crippen LogP contribution in [-0.4, -0.2) is 34.8 Å². The standard InChI is InChI=1S/C22H23NO5/c1-13-14(2)23(20-9-8-17(21(24)25)11-19(13)20)12-16-6-5-7-18(10-16)28-15(3)22(26)27-4/h5-11,15H,12H2,1-4H3,(H,24,25). The largest absolute Gasteiger partial charge is 0.479 e. The van der Waals surface area contributed by atoms with Crippen LogP contribution >= 0.6 is 0 Å². The van der Waals surface area contributed by atoms with Crippen LogP contribution in [0.4, 0.5) is 0 Å². The van der Waals surface area contributed by atoms with Gasteiger partial charge in [-0.15, -0.1) is 0 Å². The second-order valence-corrected chi connectivity index (χ2v) is 6.76. The van der Waals surface area contributed by atoms with Crippen molar-refractivity contribution < 1.29 is 24.2 Å². The number of carbonyl (C=O) groups is 2. The van der Waals surface area contributed by atoms with Crippen LogP contribution in [0, 0.1) is 13.8 Å². The van der Waals surface area contributed by atoms with Gasteiger partial charge in [0.05, 0.1) is 12.7 Å². The first-order chi connectivity index (χ1) is 13.3. The molecule has 1 heterocycles. The SMILES string of the molecule is COC(=O)C(C)Oc1cccc(Cn2c(C)c(C)c3cc(C(=O)O)ccc32)c1. The highest BCUT2D eigenvalue weighted by molar-refractivity contribution is 5.95. The molecule has 0 aliphatic carbocycles. The molecule has 0 bridgehead atoms. The van der Waals surface area contributed by atoms with E-state index < -0.39 is 18.0 Å². The smallest absolute Gasteiger partial charge is 0.346 e. The molecule has 3 aromatic rings. The van der Waals surface area contributed by atoms with E-state index >= 15 is 0 Å². The number of hydrogen-bond donors (Lipinski definition) is 1. The van der Waals surface area contributed by atoms with Gasteiger partial charge in [0.1, 0.15) is 5.75 Å². The summed E-state index contributed by atoms with van der Waals surface area (Å²) in [5.41, 5.74) is 4.41. The van der Waals surface area contributed by atoms with Gasteiger partial charge in [0.25, 0.3) is 0 Å². The Labute approximate surface area is 163 Å². The number of aromatic nitrogens is 1. The number of fused-ring (bicyclic) bond motifs is 1. The minimum Gasteiger partial charge on any atom is -0.479 e. The zero-order chi connectivity index (χ0) is 20.4. The first-order valence-electron chi connectivity index (χ1n) is 8.98. The number of benzene rings is 2. The Hall–Kier alpha value is -3.28. The molecule has 0 radical (unpaired) electrons. The molecule has 0 aliphatic heterocycles. The van der Waals surface area contributed by atoms with Gasteiger partial charge >= 0.3 is 11.9 Å². The van der Waals surface area contributed by atoms with Gasteiger partial charge < -0.3 is 19.1 Å². The summed E-state index contributed by atoms with van der Waals surface area (Å²) in [6.07, 6.45) is -0.689. The van der Waals surface area contributed by atoms with Crippen molar-refractivity contribution >= 4 is 22.8 Å². The maximum absolute atomic E-state index is 11.6. The van der Waals surface area contributed by atoms with Gasteiger partial charge in [-0.2, -0.15) is 0 Å². The fourth-order valence-corrected chi connectivity index (χ4v) is 3.30. The number of carbonyl (C=O) groups excluding carboxylic acids is 1. The van der Waals surface area contributed by atoms with E-state index in [1.54, 1.807) is 25.1 Å². The number of hydrogen-bond acceptors (Lipinski definition) is 4. The highest BCUT2D eigenvalue weighted by Crippen LogP contribution is 2.28. The number of carboxylic acid groups (broad SMARTS) is 1. The Morgan fingerprint density at radius 1 is 1.14 bits per heavy atom. The molecule has 0 amide bonds. The first-order valence-corrected chi connectivity index (χ1v) is 8.98. The van der Waals surface area contributed by atoms with E-state index in [2.05, 4.69) is 4.57 Å². The molecule has 1 unspecified atom stereocenters. The molecule has 6 nitrogen and oxygen atoms in total. The number of nitrogens with zero attached hydrogens (tertiary/aromatic N) is 1. The first kappa shape index (κ1) is 19.5. The zero-order valence-electron chi connectivity index (χ0n) is 16.4. The number of carboxylic acids is 1. The van der Waals surface area contributed by atoms with Crippen molar-refractivity contribution in [3.8, 4) is 5.75 Å². The van der Waals surface area contributed by atoms with E-state index in [1.165, 1.54) is 7.11 Å². The third kappa shape index (κ3) is 3.71. The second-order valence-electron chi connectivity index (χ2n) is 6.76. The lowest BCUT2D eigenvalue weighted by Gasteiger charge is -2.14. The van der Waals surface area contributed by atoms with E-state index in [-0.39, 0.29) is 5.56 Å². The average Bonchev–Trinajstić information content (AvgIpc) is 2.92. The van der Waals surface area contributed by atoms with Crippen molar-refractivity contribution in [1.82, 2.24) is 4.57 Å². The van der Waals surface area contributed by atoms with Crippen LogP contribution in [0.2, 0.25) is 0 Å². The van der Waals surface area contributed by atoms with Gasteiger partial charge in [-0.1, -0.05) is 12.1 Å². The Kier molecular flexibility index (Phi) is 5.40. The Morgan fingerprint density at radius 2 is 1.89 bits per heavy atom. The van der Waals surface area contributed by atoms with Crippen molar-refractivity contribution in [1.29, 1.82) is 0 Å². The Morgan fingerprint density at radius 3 is 2.57 bits per heavy atom.